The molecule has 2 amide bonds. The number of anilines is 2. The fraction of sp³-hybridized carbons (Fsp3) is 0.240. The van der Waals surface area contributed by atoms with Gasteiger partial charge in [0.05, 0.1) is 12.2 Å². The van der Waals surface area contributed by atoms with Crippen LogP contribution in [-0.4, -0.2) is 28.1 Å². The van der Waals surface area contributed by atoms with Crippen LogP contribution in [0.1, 0.15) is 35.0 Å². The number of amides is 2. The molecule has 0 atom stereocenters. The summed E-state index contributed by atoms with van der Waals surface area (Å²) in [5.74, 6) is -0.187. The number of hydrogen-bond donors (Lipinski definition) is 1. The standard InChI is InChI=1S/C25H25ClN4O2/c1-16-22(17(2)30(28-16)15-20-6-4-5-7-23(20)26)9-11-25(32)27-21-8-10-24-19(14-21)12-13-29(24)18(3)31/h4-11,14H,12-13,15H2,1-3H3,(H,27,32)/b11-9+. The highest BCUT2D eigenvalue weighted by molar-refractivity contribution is 6.31. The molecule has 7 heteroatoms. The normalized spacial score (nSPS) is 12.9. The number of nitrogens with one attached hydrogen (secondary N) is 1. The molecular formula is C25H25ClN4O2. The highest BCUT2D eigenvalue weighted by Crippen LogP contribution is 2.30. The molecule has 0 bridgehead atoms. The van der Waals surface area contributed by atoms with Gasteiger partial charge in [-0.25, -0.2) is 0 Å². The molecule has 0 saturated heterocycles. The van der Waals surface area contributed by atoms with E-state index in [4.69, 9.17) is 11.6 Å². The maximum Gasteiger partial charge on any atom is 0.248 e. The molecule has 0 saturated carbocycles. The second-order valence-corrected chi connectivity index (χ2v) is 8.33. The Morgan fingerprint density at radius 2 is 1.97 bits per heavy atom. The highest BCUT2D eigenvalue weighted by atomic mass is 35.5. The number of carbonyl (C=O) groups is 2. The summed E-state index contributed by atoms with van der Waals surface area (Å²) < 4.78 is 1.90. The molecule has 164 valence electrons. The molecule has 3 aromatic rings. The number of aryl methyl sites for hydroxylation is 1. The van der Waals surface area contributed by atoms with Crippen LogP contribution in [0.3, 0.4) is 0 Å². The van der Waals surface area contributed by atoms with Crippen LogP contribution in [0, 0.1) is 13.8 Å². The van der Waals surface area contributed by atoms with Crippen molar-refractivity contribution in [3.05, 3.63) is 81.6 Å². The molecule has 1 aliphatic rings. The Kier molecular flexibility index (Phi) is 6.15. The van der Waals surface area contributed by atoms with Crippen LogP contribution in [0.25, 0.3) is 6.08 Å². The van der Waals surface area contributed by atoms with Crippen molar-refractivity contribution in [1.82, 2.24) is 9.78 Å². The Balaban J connectivity index is 1.46. The van der Waals surface area contributed by atoms with Gasteiger partial charge in [-0.05, 0) is 61.7 Å². The number of benzene rings is 2. The second-order valence-electron chi connectivity index (χ2n) is 7.92. The zero-order chi connectivity index (χ0) is 22.8. The number of fused-ring (bicyclic) bond motifs is 1. The number of hydrogen-bond acceptors (Lipinski definition) is 3. The fourth-order valence-electron chi connectivity index (χ4n) is 4.04. The van der Waals surface area contributed by atoms with Crippen molar-refractivity contribution in [2.24, 2.45) is 0 Å². The van der Waals surface area contributed by atoms with Gasteiger partial charge in [-0.3, -0.25) is 14.3 Å². The van der Waals surface area contributed by atoms with E-state index in [1.165, 1.54) is 6.08 Å². The van der Waals surface area contributed by atoms with Gasteiger partial charge in [-0.15, -0.1) is 0 Å². The van der Waals surface area contributed by atoms with Crippen LogP contribution >= 0.6 is 11.6 Å². The van der Waals surface area contributed by atoms with Gasteiger partial charge in [0.25, 0.3) is 0 Å². The lowest BCUT2D eigenvalue weighted by Crippen LogP contribution is -2.25. The molecule has 0 unspecified atom stereocenters. The molecule has 2 aromatic carbocycles. The Morgan fingerprint density at radius 3 is 2.72 bits per heavy atom. The first kappa shape index (κ1) is 21.8. The van der Waals surface area contributed by atoms with Crippen LogP contribution in [0.2, 0.25) is 5.02 Å². The Morgan fingerprint density at radius 1 is 1.19 bits per heavy atom. The van der Waals surface area contributed by atoms with Crippen molar-refractivity contribution in [2.75, 3.05) is 16.8 Å². The summed E-state index contributed by atoms with van der Waals surface area (Å²) >= 11 is 6.28. The van der Waals surface area contributed by atoms with Gasteiger partial charge in [-0.1, -0.05) is 29.8 Å². The van der Waals surface area contributed by atoms with Gasteiger partial charge in [-0.2, -0.15) is 5.10 Å². The fourth-order valence-corrected chi connectivity index (χ4v) is 4.24. The zero-order valence-electron chi connectivity index (χ0n) is 18.4. The quantitative estimate of drug-likeness (QED) is 0.572. The van der Waals surface area contributed by atoms with Gasteiger partial charge >= 0.3 is 0 Å². The largest absolute Gasteiger partial charge is 0.323 e. The van der Waals surface area contributed by atoms with E-state index >= 15 is 0 Å². The lowest BCUT2D eigenvalue weighted by Gasteiger charge is -2.14. The van der Waals surface area contributed by atoms with E-state index in [0.29, 0.717) is 23.8 Å². The minimum atomic E-state index is -0.218. The van der Waals surface area contributed by atoms with Gasteiger partial charge < -0.3 is 10.2 Å². The summed E-state index contributed by atoms with van der Waals surface area (Å²) in [5, 5.41) is 8.22. The van der Waals surface area contributed by atoms with Gasteiger partial charge in [0, 0.05) is 47.2 Å². The molecule has 0 spiro atoms. The number of halogens is 1. The summed E-state index contributed by atoms with van der Waals surface area (Å²) in [5.41, 5.74) is 6.42. The number of nitrogens with zero attached hydrogens (tertiary/aromatic N) is 3. The molecule has 2 heterocycles. The number of rotatable bonds is 5. The minimum Gasteiger partial charge on any atom is -0.323 e. The van der Waals surface area contributed by atoms with Crippen LogP contribution in [-0.2, 0) is 22.6 Å². The third kappa shape index (κ3) is 4.46. The lowest BCUT2D eigenvalue weighted by molar-refractivity contribution is -0.116. The molecule has 1 aromatic heterocycles. The first-order valence-electron chi connectivity index (χ1n) is 10.5. The summed E-state index contributed by atoms with van der Waals surface area (Å²) in [4.78, 5) is 26.0. The molecule has 0 aliphatic carbocycles. The molecule has 0 radical (unpaired) electrons. The minimum absolute atomic E-state index is 0.0318. The van der Waals surface area contributed by atoms with Gasteiger partial charge in [0.1, 0.15) is 0 Å². The smallest absolute Gasteiger partial charge is 0.248 e. The van der Waals surface area contributed by atoms with Gasteiger partial charge in [0.2, 0.25) is 11.8 Å². The van der Waals surface area contributed by atoms with Gasteiger partial charge in [0.15, 0.2) is 0 Å². The Hall–Kier alpha value is -3.38. The molecule has 32 heavy (non-hydrogen) atoms. The summed E-state index contributed by atoms with van der Waals surface area (Å²) in [6.07, 6.45) is 4.10. The lowest BCUT2D eigenvalue weighted by atomic mass is 10.1. The molecule has 1 aliphatic heterocycles. The first-order valence-corrected chi connectivity index (χ1v) is 10.9. The zero-order valence-corrected chi connectivity index (χ0v) is 19.1. The summed E-state index contributed by atoms with van der Waals surface area (Å²) in [6.45, 7) is 6.72. The maximum atomic E-state index is 12.5. The highest BCUT2D eigenvalue weighted by Gasteiger charge is 2.22. The van der Waals surface area contributed by atoms with Crippen LogP contribution in [0.15, 0.2) is 48.5 Å². The first-order chi connectivity index (χ1) is 15.3. The Bertz CT molecular complexity index is 1230. The van der Waals surface area contributed by atoms with Crippen molar-refractivity contribution in [2.45, 2.75) is 33.7 Å². The van der Waals surface area contributed by atoms with Crippen LogP contribution in [0.4, 0.5) is 11.4 Å². The van der Waals surface area contributed by atoms with E-state index in [1.54, 1.807) is 17.9 Å². The van der Waals surface area contributed by atoms with Crippen molar-refractivity contribution < 1.29 is 9.59 Å². The summed E-state index contributed by atoms with van der Waals surface area (Å²) in [6, 6.07) is 13.3. The van der Waals surface area contributed by atoms with Crippen molar-refractivity contribution >= 4 is 40.9 Å². The molecule has 4 rings (SSSR count). The third-order valence-electron chi connectivity index (χ3n) is 5.74. The third-order valence-corrected chi connectivity index (χ3v) is 6.11. The second kappa shape index (κ2) is 9.01. The molecule has 0 fully saturated rings. The number of aromatic nitrogens is 2. The van der Waals surface area contributed by atoms with E-state index in [-0.39, 0.29) is 11.8 Å². The monoisotopic (exact) mass is 448 g/mol. The van der Waals surface area contributed by atoms with E-state index in [0.717, 1.165) is 40.2 Å². The van der Waals surface area contributed by atoms with E-state index in [2.05, 4.69) is 10.4 Å². The SMILES string of the molecule is CC(=O)N1CCc2cc(NC(=O)/C=C/c3c(C)nn(Cc4ccccc4Cl)c3C)ccc21. The Labute approximate surface area is 192 Å². The number of carbonyl (C=O) groups excluding carboxylic acids is 2. The van der Waals surface area contributed by atoms with Crippen molar-refractivity contribution in [3.63, 3.8) is 0 Å². The maximum absolute atomic E-state index is 12.5. The van der Waals surface area contributed by atoms with Crippen LogP contribution in [0.5, 0.6) is 0 Å². The van der Waals surface area contributed by atoms with E-state index in [9.17, 15) is 9.59 Å². The van der Waals surface area contributed by atoms with Crippen LogP contribution < -0.4 is 10.2 Å². The average Bonchev–Trinajstić information content (AvgIpc) is 3.29. The average molecular weight is 449 g/mol. The van der Waals surface area contributed by atoms with E-state index < -0.39 is 0 Å². The molecular weight excluding hydrogens is 424 g/mol. The van der Waals surface area contributed by atoms with Crippen molar-refractivity contribution in [3.8, 4) is 0 Å². The summed E-state index contributed by atoms with van der Waals surface area (Å²) in [7, 11) is 0. The predicted molar refractivity (Wildman–Crippen MR) is 128 cm³/mol. The topological polar surface area (TPSA) is 67.2 Å². The van der Waals surface area contributed by atoms with E-state index in [1.807, 2.05) is 61.0 Å². The predicted octanol–water partition coefficient (Wildman–Crippen LogP) is 4.76. The molecule has 6 nitrogen and oxygen atoms in total. The van der Waals surface area contributed by atoms with Crippen molar-refractivity contribution in [1.29, 1.82) is 0 Å². The molecule has 1 N–H and O–H groups in total.